The van der Waals surface area contributed by atoms with Gasteiger partial charge in [0.05, 0.1) is 4.47 Å². The van der Waals surface area contributed by atoms with E-state index in [0.717, 1.165) is 40.7 Å². The highest BCUT2D eigenvalue weighted by Crippen LogP contribution is 2.31. The van der Waals surface area contributed by atoms with Crippen LogP contribution in [-0.2, 0) is 6.42 Å². The molecule has 0 bridgehead atoms. The van der Waals surface area contributed by atoms with E-state index in [2.05, 4.69) is 20.9 Å². The Morgan fingerprint density at radius 3 is 2.78 bits per heavy atom. The Bertz CT molecular complexity index is 558. The predicted octanol–water partition coefficient (Wildman–Crippen LogP) is 3.79. The number of hydrogen-bond acceptors (Lipinski definition) is 3. The van der Waals surface area contributed by atoms with E-state index in [1.165, 1.54) is 19.3 Å². The van der Waals surface area contributed by atoms with Crippen LogP contribution in [0.2, 0.25) is 0 Å². The Morgan fingerprint density at radius 2 is 2.06 bits per heavy atom. The first-order valence-electron chi connectivity index (χ1n) is 6.49. The topological polar surface area (TPSA) is 52.0 Å². The molecule has 0 saturated heterocycles. The van der Waals surface area contributed by atoms with Gasteiger partial charge < -0.3 is 10.2 Å². The summed E-state index contributed by atoms with van der Waals surface area (Å²) in [5.41, 5.74) is 8.05. The minimum absolute atomic E-state index is 0.119. The fourth-order valence-electron chi connectivity index (χ4n) is 2.77. The zero-order valence-electron chi connectivity index (χ0n) is 10.3. The number of hydrogen-bond donors (Lipinski definition) is 1. The Morgan fingerprint density at radius 1 is 1.28 bits per heavy atom. The maximum absolute atomic E-state index is 6.44. The van der Waals surface area contributed by atoms with Crippen LogP contribution in [0.3, 0.4) is 0 Å². The standard InChI is InChI=1S/C14H17BrN2O/c15-10-5-4-6-11-13(10)18-12(17-11)9-14(16)7-2-1-3-8-14/h4-6H,1-3,7-9,16H2. The fourth-order valence-corrected chi connectivity index (χ4v) is 3.21. The lowest BCUT2D eigenvalue weighted by molar-refractivity contribution is 0.276. The van der Waals surface area contributed by atoms with Gasteiger partial charge in [-0.2, -0.15) is 0 Å². The molecule has 18 heavy (non-hydrogen) atoms. The molecule has 1 fully saturated rings. The molecule has 3 rings (SSSR count). The van der Waals surface area contributed by atoms with E-state index < -0.39 is 0 Å². The van der Waals surface area contributed by atoms with E-state index in [9.17, 15) is 0 Å². The first-order chi connectivity index (χ1) is 8.66. The summed E-state index contributed by atoms with van der Waals surface area (Å²) in [5, 5.41) is 0. The smallest absolute Gasteiger partial charge is 0.197 e. The molecule has 0 aliphatic heterocycles. The Labute approximate surface area is 115 Å². The average Bonchev–Trinajstić information content (AvgIpc) is 2.73. The molecular weight excluding hydrogens is 292 g/mol. The zero-order chi connectivity index (χ0) is 12.6. The summed E-state index contributed by atoms with van der Waals surface area (Å²) in [5.74, 6) is 0.765. The molecule has 0 radical (unpaired) electrons. The molecule has 96 valence electrons. The van der Waals surface area contributed by atoms with E-state index in [4.69, 9.17) is 10.2 Å². The molecule has 0 spiro atoms. The number of aromatic nitrogens is 1. The highest BCUT2D eigenvalue weighted by molar-refractivity contribution is 9.10. The van der Waals surface area contributed by atoms with Crippen molar-refractivity contribution in [1.82, 2.24) is 4.98 Å². The number of halogens is 1. The van der Waals surface area contributed by atoms with Gasteiger partial charge in [0.25, 0.3) is 0 Å². The van der Waals surface area contributed by atoms with Crippen molar-refractivity contribution in [2.75, 3.05) is 0 Å². The van der Waals surface area contributed by atoms with Gasteiger partial charge in [-0.05, 0) is 40.9 Å². The van der Waals surface area contributed by atoms with Gasteiger partial charge in [0.1, 0.15) is 5.52 Å². The third-order valence-electron chi connectivity index (χ3n) is 3.76. The molecule has 1 aliphatic rings. The van der Waals surface area contributed by atoms with Crippen LogP contribution in [0.25, 0.3) is 11.1 Å². The van der Waals surface area contributed by atoms with Crippen molar-refractivity contribution < 1.29 is 4.42 Å². The summed E-state index contributed by atoms with van der Waals surface area (Å²) in [6.45, 7) is 0. The van der Waals surface area contributed by atoms with E-state index in [1.807, 2.05) is 18.2 Å². The number of oxazole rings is 1. The van der Waals surface area contributed by atoms with Crippen molar-refractivity contribution >= 4 is 27.0 Å². The SMILES string of the molecule is NC1(Cc2nc3cccc(Br)c3o2)CCCCC1. The van der Waals surface area contributed by atoms with Gasteiger partial charge in [-0.1, -0.05) is 25.3 Å². The third-order valence-corrected chi connectivity index (χ3v) is 4.39. The molecule has 0 unspecified atom stereocenters. The van der Waals surface area contributed by atoms with Gasteiger partial charge in [0, 0.05) is 12.0 Å². The number of para-hydroxylation sites is 1. The lowest BCUT2D eigenvalue weighted by Gasteiger charge is -2.32. The van der Waals surface area contributed by atoms with E-state index in [0.29, 0.717) is 0 Å². The Kier molecular flexibility index (Phi) is 3.16. The second kappa shape index (κ2) is 4.67. The molecule has 4 heteroatoms. The second-order valence-electron chi connectivity index (χ2n) is 5.30. The monoisotopic (exact) mass is 308 g/mol. The maximum Gasteiger partial charge on any atom is 0.197 e. The van der Waals surface area contributed by atoms with Crippen molar-refractivity contribution in [3.63, 3.8) is 0 Å². The lowest BCUT2D eigenvalue weighted by Crippen LogP contribution is -2.43. The summed E-state index contributed by atoms with van der Waals surface area (Å²) < 4.78 is 6.78. The molecule has 0 atom stereocenters. The van der Waals surface area contributed by atoms with Gasteiger partial charge in [0.15, 0.2) is 11.5 Å². The van der Waals surface area contributed by atoms with Crippen LogP contribution >= 0.6 is 15.9 Å². The maximum atomic E-state index is 6.44. The molecule has 2 N–H and O–H groups in total. The van der Waals surface area contributed by atoms with Gasteiger partial charge in [-0.3, -0.25) is 0 Å². The Balaban J connectivity index is 1.88. The van der Waals surface area contributed by atoms with Gasteiger partial charge in [-0.25, -0.2) is 4.98 Å². The van der Waals surface area contributed by atoms with Crippen molar-refractivity contribution in [3.8, 4) is 0 Å². The van der Waals surface area contributed by atoms with Crippen LogP contribution in [0.5, 0.6) is 0 Å². The number of rotatable bonds is 2. The Hall–Kier alpha value is -0.870. The average molecular weight is 309 g/mol. The zero-order valence-corrected chi connectivity index (χ0v) is 11.9. The normalized spacial score (nSPS) is 19.2. The summed E-state index contributed by atoms with van der Waals surface area (Å²) in [4.78, 5) is 4.54. The first kappa shape index (κ1) is 12.2. The van der Waals surface area contributed by atoms with Gasteiger partial charge in [0.2, 0.25) is 0 Å². The van der Waals surface area contributed by atoms with Crippen LogP contribution < -0.4 is 5.73 Å². The van der Waals surface area contributed by atoms with Crippen LogP contribution in [0.4, 0.5) is 0 Å². The van der Waals surface area contributed by atoms with Crippen molar-refractivity contribution in [1.29, 1.82) is 0 Å². The summed E-state index contributed by atoms with van der Waals surface area (Å²) >= 11 is 3.48. The van der Waals surface area contributed by atoms with Crippen LogP contribution in [0, 0.1) is 0 Å². The lowest BCUT2D eigenvalue weighted by atomic mass is 9.80. The molecule has 2 aromatic rings. The molecule has 3 nitrogen and oxygen atoms in total. The number of nitrogens with zero attached hydrogens (tertiary/aromatic N) is 1. The molecule has 1 aromatic heterocycles. The minimum atomic E-state index is -0.119. The molecule has 1 aromatic carbocycles. The molecule has 0 amide bonds. The fraction of sp³-hybridized carbons (Fsp3) is 0.500. The first-order valence-corrected chi connectivity index (χ1v) is 7.28. The van der Waals surface area contributed by atoms with Gasteiger partial charge >= 0.3 is 0 Å². The number of fused-ring (bicyclic) bond motifs is 1. The predicted molar refractivity (Wildman–Crippen MR) is 75.4 cm³/mol. The molecule has 1 aliphatic carbocycles. The van der Waals surface area contributed by atoms with Crippen molar-refractivity contribution in [3.05, 3.63) is 28.6 Å². The highest BCUT2D eigenvalue weighted by atomic mass is 79.9. The summed E-state index contributed by atoms with van der Waals surface area (Å²) in [7, 11) is 0. The van der Waals surface area contributed by atoms with Crippen LogP contribution in [0.1, 0.15) is 38.0 Å². The second-order valence-corrected chi connectivity index (χ2v) is 6.15. The molecule has 1 saturated carbocycles. The van der Waals surface area contributed by atoms with Crippen molar-refractivity contribution in [2.24, 2.45) is 5.73 Å². The van der Waals surface area contributed by atoms with Crippen LogP contribution in [0.15, 0.2) is 27.1 Å². The number of benzene rings is 1. The highest BCUT2D eigenvalue weighted by Gasteiger charge is 2.29. The third kappa shape index (κ3) is 2.31. The van der Waals surface area contributed by atoms with Crippen LogP contribution in [-0.4, -0.2) is 10.5 Å². The van der Waals surface area contributed by atoms with E-state index in [-0.39, 0.29) is 5.54 Å². The van der Waals surface area contributed by atoms with E-state index in [1.54, 1.807) is 0 Å². The van der Waals surface area contributed by atoms with Gasteiger partial charge in [-0.15, -0.1) is 0 Å². The van der Waals surface area contributed by atoms with Crippen molar-refractivity contribution in [2.45, 2.75) is 44.1 Å². The molecular formula is C14H17BrN2O. The summed E-state index contributed by atoms with van der Waals surface area (Å²) in [6, 6.07) is 5.91. The molecule has 1 heterocycles. The quantitative estimate of drug-likeness (QED) is 0.918. The largest absolute Gasteiger partial charge is 0.439 e. The minimum Gasteiger partial charge on any atom is -0.439 e. The number of nitrogens with two attached hydrogens (primary N) is 1. The van der Waals surface area contributed by atoms with E-state index >= 15 is 0 Å². The summed E-state index contributed by atoms with van der Waals surface area (Å²) in [6.07, 6.45) is 6.65.